The number of nitrogens with zero attached hydrogens (tertiary/aromatic N) is 1. The minimum atomic E-state index is -1.86. The molecular formula is C31H43NO10. The lowest BCUT2D eigenvalue weighted by Gasteiger charge is -2.69. The molecule has 232 valence electrons. The van der Waals surface area contributed by atoms with Crippen LogP contribution in [-0.2, 0) is 23.7 Å². The van der Waals surface area contributed by atoms with E-state index in [0.29, 0.717) is 18.5 Å². The molecule has 1 saturated heterocycles. The first-order chi connectivity index (χ1) is 20.0. The number of methoxy groups -OCH3 is 4. The summed E-state index contributed by atoms with van der Waals surface area (Å²) in [6, 6.07) is 8.22. The Labute approximate surface area is 245 Å². The first-order valence-corrected chi connectivity index (χ1v) is 14.9. The summed E-state index contributed by atoms with van der Waals surface area (Å²) < 4.78 is 30.3. The molecule has 7 bridgehead atoms. The highest BCUT2D eigenvalue weighted by Crippen LogP contribution is 2.80. The van der Waals surface area contributed by atoms with E-state index in [1.54, 1.807) is 51.7 Å². The summed E-state index contributed by atoms with van der Waals surface area (Å²) in [5.74, 6) is -2.96. The number of esters is 1. The number of likely N-dealkylation sites (tertiary alicyclic amines) is 1. The molecule has 5 aliphatic carbocycles. The predicted octanol–water partition coefficient (Wildman–Crippen LogP) is -0.313. The number of carbonyl (C=O) groups excluding carboxylic acids is 1. The molecule has 6 fully saturated rings. The molecule has 1 heterocycles. The maximum atomic E-state index is 13.5. The number of hydrogen-bond acceptors (Lipinski definition) is 11. The van der Waals surface area contributed by atoms with Crippen LogP contribution in [0.3, 0.4) is 0 Å². The van der Waals surface area contributed by atoms with Crippen LogP contribution in [0.4, 0.5) is 0 Å². The third-order valence-electron chi connectivity index (χ3n) is 12.6. The number of carbonyl (C=O) groups is 1. The zero-order valence-corrected chi connectivity index (χ0v) is 24.8. The Bertz CT molecular complexity index is 1240. The monoisotopic (exact) mass is 589 g/mol. The third kappa shape index (κ3) is 3.05. The highest BCUT2D eigenvalue weighted by Gasteiger charge is 2.91. The van der Waals surface area contributed by atoms with E-state index in [1.165, 1.54) is 7.11 Å². The van der Waals surface area contributed by atoms with E-state index < -0.39 is 82.4 Å². The molecule has 11 nitrogen and oxygen atoms in total. The van der Waals surface area contributed by atoms with Crippen LogP contribution in [-0.4, -0.2) is 134 Å². The fourth-order valence-electron chi connectivity index (χ4n) is 11.8. The number of rotatable bonds is 7. The van der Waals surface area contributed by atoms with E-state index >= 15 is 0 Å². The molecule has 0 radical (unpaired) electrons. The predicted molar refractivity (Wildman–Crippen MR) is 146 cm³/mol. The number of piperidine rings is 1. The zero-order valence-electron chi connectivity index (χ0n) is 24.8. The van der Waals surface area contributed by atoms with Crippen molar-refractivity contribution in [2.24, 2.45) is 34.5 Å². The van der Waals surface area contributed by atoms with Crippen molar-refractivity contribution >= 4 is 5.97 Å². The zero-order chi connectivity index (χ0) is 30.0. The van der Waals surface area contributed by atoms with Crippen molar-refractivity contribution in [2.75, 3.05) is 48.6 Å². The molecule has 5 saturated carbocycles. The van der Waals surface area contributed by atoms with Gasteiger partial charge in [0, 0.05) is 76.0 Å². The maximum absolute atomic E-state index is 13.5. The van der Waals surface area contributed by atoms with Gasteiger partial charge in [0.25, 0.3) is 0 Å². The highest BCUT2D eigenvalue weighted by molar-refractivity contribution is 5.89. The van der Waals surface area contributed by atoms with E-state index in [4.69, 9.17) is 23.7 Å². The maximum Gasteiger partial charge on any atom is 0.338 e. The molecule has 15 atom stereocenters. The Balaban J connectivity index is 1.47. The first kappa shape index (κ1) is 29.1. The summed E-state index contributed by atoms with van der Waals surface area (Å²) in [4.78, 5) is 15.7. The smallest absolute Gasteiger partial charge is 0.338 e. The average molecular weight is 590 g/mol. The normalized spacial score (nSPS) is 53.7. The number of benzene rings is 1. The van der Waals surface area contributed by atoms with Gasteiger partial charge in [0.05, 0.1) is 30.5 Å². The van der Waals surface area contributed by atoms with Gasteiger partial charge in [-0.3, -0.25) is 0 Å². The summed E-state index contributed by atoms with van der Waals surface area (Å²) in [7, 11) is 8.22. The number of ether oxygens (including phenoxy) is 5. The van der Waals surface area contributed by atoms with Gasteiger partial charge in [0.15, 0.2) is 0 Å². The standard InChI is InChI=1S/C31H43NO10/c1-32-13-28(14-38-2)17(33)11-18(39-3)30-16-12-29(36)25(42-27(35)15-9-7-6-8-10-15)19(16)31(37,24(34)26(29)41-5)20(23(30)32)21(40-4)22(28)30/h6-10,16-26,33-34,36-37H,11-14H2,1-5H3/t16-,17-,18?,19-,20?,21?,22-,23-,24+,25-,26+,28+,29+,30+,31-/m1/s1. The van der Waals surface area contributed by atoms with Gasteiger partial charge in [-0.15, -0.1) is 0 Å². The van der Waals surface area contributed by atoms with Crippen LogP contribution in [0, 0.1) is 34.5 Å². The van der Waals surface area contributed by atoms with E-state index in [1.807, 2.05) is 7.05 Å². The van der Waals surface area contributed by atoms with Gasteiger partial charge >= 0.3 is 5.97 Å². The average Bonchev–Trinajstić information content (AvgIpc) is 3.37. The first-order valence-electron chi connectivity index (χ1n) is 14.9. The Kier molecular flexibility index (Phi) is 6.52. The minimum Gasteiger partial charge on any atom is -0.455 e. The molecule has 1 spiro atoms. The van der Waals surface area contributed by atoms with Crippen LogP contribution < -0.4 is 0 Å². The second-order valence-electron chi connectivity index (χ2n) is 13.7. The molecule has 0 aromatic heterocycles. The van der Waals surface area contributed by atoms with Gasteiger partial charge in [-0.05, 0) is 31.5 Å². The second-order valence-corrected chi connectivity index (χ2v) is 13.7. The minimum absolute atomic E-state index is 0.102. The fourth-order valence-corrected chi connectivity index (χ4v) is 11.8. The van der Waals surface area contributed by atoms with Crippen molar-refractivity contribution in [1.29, 1.82) is 0 Å². The van der Waals surface area contributed by atoms with Crippen LogP contribution in [0.15, 0.2) is 30.3 Å². The Morgan fingerprint density at radius 1 is 1.00 bits per heavy atom. The number of hydrogen-bond donors (Lipinski definition) is 4. The molecule has 0 amide bonds. The van der Waals surface area contributed by atoms with Crippen molar-refractivity contribution < 1.29 is 48.9 Å². The lowest BCUT2D eigenvalue weighted by molar-refractivity contribution is -0.318. The van der Waals surface area contributed by atoms with Crippen molar-refractivity contribution in [1.82, 2.24) is 4.90 Å². The van der Waals surface area contributed by atoms with Gasteiger partial charge in [0.1, 0.15) is 29.5 Å². The fraction of sp³-hybridized carbons (Fsp3) is 0.774. The molecule has 42 heavy (non-hydrogen) atoms. The van der Waals surface area contributed by atoms with E-state index in [0.717, 1.165) is 0 Å². The quantitative estimate of drug-likeness (QED) is 0.311. The summed E-state index contributed by atoms with van der Waals surface area (Å²) in [5.41, 5.74) is -4.81. The Hall–Kier alpha value is -1.67. The molecule has 3 unspecified atom stereocenters. The Morgan fingerprint density at radius 2 is 1.71 bits per heavy atom. The number of aliphatic hydroxyl groups excluding tert-OH is 2. The lowest BCUT2D eigenvalue weighted by Crippen LogP contribution is -2.80. The molecular weight excluding hydrogens is 546 g/mol. The molecule has 6 aliphatic rings. The van der Waals surface area contributed by atoms with Crippen molar-refractivity contribution in [2.45, 2.75) is 66.7 Å². The van der Waals surface area contributed by atoms with Crippen LogP contribution in [0.5, 0.6) is 0 Å². The molecule has 4 N–H and O–H groups in total. The van der Waals surface area contributed by atoms with Crippen LogP contribution in [0.1, 0.15) is 23.2 Å². The largest absolute Gasteiger partial charge is 0.455 e. The van der Waals surface area contributed by atoms with Crippen LogP contribution in [0.2, 0.25) is 0 Å². The molecule has 1 aromatic rings. The van der Waals surface area contributed by atoms with Crippen molar-refractivity contribution in [3.05, 3.63) is 35.9 Å². The Morgan fingerprint density at radius 3 is 2.33 bits per heavy atom. The van der Waals surface area contributed by atoms with Crippen LogP contribution >= 0.6 is 0 Å². The molecule has 1 aromatic carbocycles. The molecule has 11 heteroatoms. The summed E-state index contributed by atoms with van der Waals surface area (Å²) in [6.45, 7) is 0.760. The van der Waals surface area contributed by atoms with E-state index in [2.05, 4.69) is 4.90 Å². The second kappa shape index (κ2) is 9.42. The topological polar surface area (TPSA) is 147 Å². The molecule has 7 rings (SSSR count). The SMILES string of the molecule is COC[C@]12CN(C)[C@@H]3C4C(OC)[C@H]1[C@@]3(C(OC)C[C@H]2O)[C@@H]1C[C@]2(O)[C@H](OC(=O)c3ccccc3)[C@@H]1[C@]4(O)[C@@H](O)[C@@H]2OC. The van der Waals surface area contributed by atoms with Gasteiger partial charge in [-0.2, -0.15) is 0 Å². The van der Waals surface area contributed by atoms with Gasteiger partial charge < -0.3 is 49.0 Å². The van der Waals surface area contributed by atoms with Crippen molar-refractivity contribution in [3.8, 4) is 0 Å². The lowest BCUT2D eigenvalue weighted by atomic mass is 9.42. The summed E-state index contributed by atoms with van der Waals surface area (Å²) >= 11 is 0. The molecule has 1 aliphatic heterocycles. The third-order valence-corrected chi connectivity index (χ3v) is 12.6. The van der Waals surface area contributed by atoms with E-state index in [-0.39, 0.29) is 25.0 Å². The summed E-state index contributed by atoms with van der Waals surface area (Å²) in [6.07, 6.45) is -5.28. The number of aliphatic hydroxyl groups is 4. The van der Waals surface area contributed by atoms with Gasteiger partial charge in [0.2, 0.25) is 0 Å². The van der Waals surface area contributed by atoms with Crippen molar-refractivity contribution in [3.63, 3.8) is 0 Å². The van der Waals surface area contributed by atoms with Crippen LogP contribution in [0.25, 0.3) is 0 Å². The van der Waals surface area contributed by atoms with Gasteiger partial charge in [-0.25, -0.2) is 4.79 Å². The highest BCUT2D eigenvalue weighted by atomic mass is 16.6. The van der Waals surface area contributed by atoms with Gasteiger partial charge in [-0.1, -0.05) is 18.2 Å². The number of fused-ring (bicyclic) bond motifs is 2. The summed E-state index contributed by atoms with van der Waals surface area (Å²) in [5, 5.41) is 49.4. The van der Waals surface area contributed by atoms with E-state index in [9.17, 15) is 25.2 Å².